The lowest BCUT2D eigenvalue weighted by atomic mass is 10.2. The Balaban J connectivity index is 0.000000167. The molecule has 0 amide bonds. The van der Waals surface area contributed by atoms with Gasteiger partial charge in [0.2, 0.25) is 0 Å². The van der Waals surface area contributed by atoms with Gasteiger partial charge in [-0.1, -0.05) is 18.2 Å². The number of carbonyl (C=O) groups is 1. The molecule has 0 bridgehead atoms. The molecule has 19 heavy (non-hydrogen) atoms. The Hall–Kier alpha value is -2.30. The number of hydrogen-bond donors (Lipinski definition) is 0. The summed E-state index contributed by atoms with van der Waals surface area (Å²) in [5.74, 6) is 1.56. The highest BCUT2D eigenvalue weighted by atomic mass is 16.5. The highest BCUT2D eigenvalue weighted by Crippen LogP contribution is 2.35. The topological polar surface area (TPSA) is 53.4 Å². The average Bonchev–Trinajstić information content (AvgIpc) is 2.98. The second kappa shape index (κ2) is 5.14. The molecule has 5 nitrogen and oxygen atoms in total. The smallest absolute Gasteiger partial charge is 0.293 e. The first-order chi connectivity index (χ1) is 8.99. The molecular weight excluding hydrogens is 244 g/mol. The van der Waals surface area contributed by atoms with Crippen LogP contribution >= 0.6 is 0 Å². The number of hydrogen-bond acceptors (Lipinski definition) is 4. The third kappa shape index (κ3) is 3.84. The Morgan fingerprint density at radius 3 is 2.26 bits per heavy atom. The fourth-order valence-electron chi connectivity index (χ4n) is 1.24. The first-order valence-corrected chi connectivity index (χ1v) is 5.94. The standard InChI is InChI=1S/C9H6N2O.C5H10O2/c1-2-4-7(5-3-1)12-9-8-6-11(8)10-9;1-5(2,3)7-4-6/h1-6H;4H,1-3H3. The van der Waals surface area contributed by atoms with Crippen molar-refractivity contribution in [3.63, 3.8) is 0 Å². The van der Waals surface area contributed by atoms with Crippen molar-refractivity contribution in [2.24, 2.45) is 0 Å². The Kier molecular flexibility index (Phi) is 3.55. The molecule has 0 saturated heterocycles. The fraction of sp³-hybridized carbons (Fsp3) is 0.286. The Bertz CT molecular complexity index is 556. The van der Waals surface area contributed by atoms with Gasteiger partial charge in [0, 0.05) is 0 Å². The second-order valence-electron chi connectivity index (χ2n) is 5.01. The SMILES string of the molecule is CC(C)(C)OC=O.c1ccc(Oc2nn3cc2-3)cc1. The number of rotatable bonds is 3. The van der Waals surface area contributed by atoms with E-state index < -0.39 is 0 Å². The summed E-state index contributed by atoms with van der Waals surface area (Å²) in [6.07, 6.45) is 1.93. The number of ether oxygens (including phenoxy) is 2. The summed E-state index contributed by atoms with van der Waals surface area (Å²) in [5, 5.41) is 4.03. The minimum atomic E-state index is -0.318. The zero-order chi connectivity index (χ0) is 13.9. The molecule has 0 radical (unpaired) electrons. The molecule has 2 aliphatic rings. The number of nitrogens with zero attached hydrogens (tertiary/aromatic N) is 2. The number of carbonyl (C=O) groups excluding carboxylic acids is 1. The highest BCUT2D eigenvalue weighted by molar-refractivity contribution is 5.53. The predicted molar refractivity (Wildman–Crippen MR) is 70.5 cm³/mol. The van der Waals surface area contributed by atoms with Crippen molar-refractivity contribution in [3.8, 4) is 17.3 Å². The summed E-state index contributed by atoms with van der Waals surface area (Å²) in [7, 11) is 0. The van der Waals surface area contributed by atoms with Crippen molar-refractivity contribution in [2.75, 3.05) is 0 Å². The van der Waals surface area contributed by atoms with E-state index in [4.69, 9.17) is 4.74 Å². The van der Waals surface area contributed by atoms with Crippen molar-refractivity contribution in [1.29, 1.82) is 0 Å². The summed E-state index contributed by atoms with van der Waals surface area (Å²) >= 11 is 0. The van der Waals surface area contributed by atoms with E-state index in [9.17, 15) is 4.79 Å². The summed E-state index contributed by atoms with van der Waals surface area (Å²) in [6.45, 7) is 5.92. The first kappa shape index (κ1) is 13.1. The normalized spacial score (nSPS) is 11.1. The van der Waals surface area contributed by atoms with E-state index in [0.717, 1.165) is 17.3 Å². The molecule has 2 aliphatic heterocycles. The highest BCUT2D eigenvalue weighted by Gasteiger charge is 2.25. The van der Waals surface area contributed by atoms with Gasteiger partial charge in [-0.05, 0) is 32.9 Å². The minimum absolute atomic E-state index is 0.318. The second-order valence-corrected chi connectivity index (χ2v) is 5.01. The van der Waals surface area contributed by atoms with Crippen LogP contribution in [-0.2, 0) is 9.53 Å². The van der Waals surface area contributed by atoms with Crippen LogP contribution in [0.4, 0.5) is 0 Å². The van der Waals surface area contributed by atoms with Crippen LogP contribution in [0, 0.1) is 0 Å². The molecule has 0 atom stereocenters. The predicted octanol–water partition coefficient (Wildman–Crippen LogP) is 2.94. The van der Waals surface area contributed by atoms with Gasteiger partial charge >= 0.3 is 0 Å². The Morgan fingerprint density at radius 1 is 1.21 bits per heavy atom. The molecular formula is C14H16N2O3. The first-order valence-electron chi connectivity index (χ1n) is 5.94. The van der Waals surface area contributed by atoms with E-state index in [1.54, 1.807) is 4.68 Å². The van der Waals surface area contributed by atoms with Gasteiger partial charge in [-0.3, -0.25) is 4.79 Å². The van der Waals surface area contributed by atoms with Crippen LogP contribution < -0.4 is 4.74 Å². The van der Waals surface area contributed by atoms with Crippen LogP contribution in [0.15, 0.2) is 36.5 Å². The number of aromatic nitrogens is 2. The Morgan fingerprint density at radius 2 is 1.89 bits per heavy atom. The van der Waals surface area contributed by atoms with Crippen molar-refractivity contribution in [2.45, 2.75) is 26.4 Å². The quantitative estimate of drug-likeness (QED) is 0.679. The maximum absolute atomic E-state index is 9.60. The van der Waals surface area contributed by atoms with Crippen molar-refractivity contribution >= 4 is 6.47 Å². The van der Waals surface area contributed by atoms with E-state index in [1.807, 2.05) is 57.3 Å². The van der Waals surface area contributed by atoms with E-state index in [1.165, 1.54) is 0 Å². The zero-order valence-corrected chi connectivity index (χ0v) is 11.2. The van der Waals surface area contributed by atoms with Gasteiger partial charge in [0.15, 0.2) is 0 Å². The van der Waals surface area contributed by atoms with E-state index in [0.29, 0.717) is 6.47 Å². The summed E-state index contributed by atoms with van der Waals surface area (Å²) < 4.78 is 11.8. The van der Waals surface area contributed by atoms with Gasteiger partial charge in [0.1, 0.15) is 17.0 Å². The van der Waals surface area contributed by atoms with Crippen LogP contribution in [0.3, 0.4) is 0 Å². The number of fused-ring (bicyclic) bond motifs is 1. The molecule has 0 N–H and O–H groups in total. The van der Waals surface area contributed by atoms with Crippen LogP contribution in [0.25, 0.3) is 5.69 Å². The third-order valence-corrected chi connectivity index (χ3v) is 2.20. The molecule has 0 spiro atoms. The van der Waals surface area contributed by atoms with E-state index in [2.05, 4.69) is 9.84 Å². The van der Waals surface area contributed by atoms with Crippen molar-refractivity contribution in [1.82, 2.24) is 9.78 Å². The van der Waals surface area contributed by atoms with Crippen LogP contribution in [0.5, 0.6) is 11.6 Å². The van der Waals surface area contributed by atoms with Crippen LogP contribution in [0.2, 0.25) is 0 Å². The zero-order valence-electron chi connectivity index (χ0n) is 11.2. The van der Waals surface area contributed by atoms with Gasteiger partial charge in [0.25, 0.3) is 12.4 Å². The van der Waals surface area contributed by atoms with Crippen molar-refractivity contribution < 1.29 is 14.3 Å². The minimum Gasteiger partial charge on any atom is -0.462 e. The average molecular weight is 260 g/mol. The van der Waals surface area contributed by atoms with Crippen LogP contribution in [0.1, 0.15) is 20.8 Å². The fourth-order valence-corrected chi connectivity index (χ4v) is 1.24. The van der Waals surface area contributed by atoms with Gasteiger partial charge in [-0.25, -0.2) is 4.68 Å². The number of para-hydroxylation sites is 1. The largest absolute Gasteiger partial charge is 0.462 e. The monoisotopic (exact) mass is 260 g/mol. The molecule has 2 heterocycles. The van der Waals surface area contributed by atoms with Gasteiger partial charge in [-0.15, -0.1) is 5.10 Å². The van der Waals surface area contributed by atoms with E-state index >= 15 is 0 Å². The number of benzene rings is 1. The lowest BCUT2D eigenvalue weighted by molar-refractivity contribution is -0.138. The molecule has 5 heteroatoms. The maximum atomic E-state index is 9.60. The molecule has 1 aromatic rings. The molecule has 0 aliphatic carbocycles. The van der Waals surface area contributed by atoms with Crippen LogP contribution in [-0.4, -0.2) is 21.9 Å². The molecule has 0 aromatic heterocycles. The van der Waals surface area contributed by atoms with Gasteiger partial charge in [-0.2, -0.15) is 0 Å². The molecule has 1 aromatic carbocycles. The maximum Gasteiger partial charge on any atom is 0.293 e. The summed E-state index contributed by atoms with van der Waals surface area (Å²) in [5.41, 5.74) is 0.778. The molecule has 100 valence electrons. The lowest BCUT2D eigenvalue weighted by Crippen LogP contribution is -2.17. The molecule has 0 fully saturated rings. The van der Waals surface area contributed by atoms with Crippen molar-refractivity contribution in [3.05, 3.63) is 36.5 Å². The summed E-state index contributed by atoms with van der Waals surface area (Å²) in [6, 6.07) is 9.65. The molecule has 0 saturated carbocycles. The summed E-state index contributed by atoms with van der Waals surface area (Å²) in [4.78, 5) is 9.60. The molecule has 0 unspecified atom stereocenters. The lowest BCUT2D eigenvalue weighted by Gasteiger charge is -2.14. The molecule has 3 rings (SSSR count). The Labute approximate surface area is 111 Å². The van der Waals surface area contributed by atoms with Gasteiger partial charge in [0.05, 0.1) is 6.20 Å². The third-order valence-electron chi connectivity index (χ3n) is 2.20. The van der Waals surface area contributed by atoms with Gasteiger partial charge < -0.3 is 9.47 Å². The van der Waals surface area contributed by atoms with E-state index in [-0.39, 0.29) is 5.60 Å².